The maximum Gasteiger partial charge on any atom is 0.227 e. The third-order valence-corrected chi connectivity index (χ3v) is 4.64. The topological polar surface area (TPSA) is 61.2 Å². The van der Waals surface area contributed by atoms with Crippen molar-refractivity contribution >= 4 is 44.4 Å². The summed E-state index contributed by atoms with van der Waals surface area (Å²) in [7, 11) is 0. The molecular weight excluding hydrogens is 340 g/mol. The van der Waals surface area contributed by atoms with Gasteiger partial charge < -0.3 is 4.90 Å². The number of carbonyl (C=O) groups is 2. The molecule has 1 unspecified atom stereocenters. The first kappa shape index (κ1) is 15.1. The lowest BCUT2D eigenvalue weighted by atomic mass is 10.1. The summed E-state index contributed by atoms with van der Waals surface area (Å²) < 4.78 is 0.813. The minimum absolute atomic E-state index is 0.0120. The smallest absolute Gasteiger partial charge is 0.227 e. The van der Waals surface area contributed by atoms with Crippen molar-refractivity contribution < 1.29 is 9.59 Å². The normalized spacial score (nSPS) is 18.1. The van der Waals surface area contributed by atoms with Gasteiger partial charge in [-0.3, -0.25) is 9.59 Å². The van der Waals surface area contributed by atoms with Crippen molar-refractivity contribution in [2.24, 2.45) is 5.92 Å². The number of nitriles is 1. The number of carbonyl (C=O) groups excluding carboxylic acids is 2. The van der Waals surface area contributed by atoms with Gasteiger partial charge in [-0.05, 0) is 24.1 Å². The average molecular weight is 353 g/mol. The van der Waals surface area contributed by atoms with Gasteiger partial charge in [-0.1, -0.05) is 27.7 Å². The molecule has 0 N–H and O–H groups in total. The summed E-state index contributed by atoms with van der Waals surface area (Å²) in [5.41, 5.74) is 1.13. The molecule has 1 aromatic rings. The van der Waals surface area contributed by atoms with E-state index in [-0.39, 0.29) is 16.9 Å². The van der Waals surface area contributed by atoms with Gasteiger partial charge in [0.25, 0.3) is 0 Å². The van der Waals surface area contributed by atoms with Crippen molar-refractivity contribution in [1.29, 1.82) is 5.26 Å². The highest BCUT2D eigenvalue weighted by molar-refractivity contribution is 9.10. The lowest BCUT2D eigenvalue weighted by Crippen LogP contribution is -2.25. The van der Waals surface area contributed by atoms with E-state index >= 15 is 0 Å². The van der Waals surface area contributed by atoms with E-state index in [1.807, 2.05) is 6.07 Å². The molecule has 104 valence electrons. The lowest BCUT2D eigenvalue weighted by molar-refractivity contribution is -0.117. The Bertz CT molecular complexity index is 597. The Morgan fingerprint density at radius 3 is 3.00 bits per heavy atom. The summed E-state index contributed by atoms with van der Waals surface area (Å²) >= 11 is 4.57. The predicted molar refractivity (Wildman–Crippen MR) is 82.5 cm³/mol. The van der Waals surface area contributed by atoms with E-state index < -0.39 is 0 Å². The molecule has 4 nitrogen and oxygen atoms in total. The summed E-state index contributed by atoms with van der Waals surface area (Å²) in [5.74, 6) is 0.820. The molecule has 0 saturated carbocycles. The molecule has 1 aromatic carbocycles. The maximum absolute atomic E-state index is 12.1. The molecule has 1 amide bonds. The van der Waals surface area contributed by atoms with Gasteiger partial charge in [0.2, 0.25) is 5.91 Å². The molecule has 0 radical (unpaired) electrons. The summed E-state index contributed by atoms with van der Waals surface area (Å²) in [6.45, 7) is 2.09. The highest BCUT2D eigenvalue weighted by Gasteiger charge is 2.31. The molecular formula is C14H13BrN2O2S. The molecule has 6 heteroatoms. The van der Waals surface area contributed by atoms with Gasteiger partial charge in [0.1, 0.15) is 6.07 Å². The number of benzene rings is 1. The van der Waals surface area contributed by atoms with Crippen LogP contribution in [-0.2, 0) is 9.59 Å². The second kappa shape index (κ2) is 6.42. The zero-order valence-corrected chi connectivity index (χ0v) is 13.3. The van der Waals surface area contributed by atoms with Gasteiger partial charge >= 0.3 is 0 Å². The molecule has 0 aromatic heterocycles. The van der Waals surface area contributed by atoms with Crippen LogP contribution in [0.1, 0.15) is 18.9 Å². The van der Waals surface area contributed by atoms with Crippen molar-refractivity contribution in [3.05, 3.63) is 28.2 Å². The highest BCUT2D eigenvalue weighted by Crippen LogP contribution is 2.31. The number of rotatable bonds is 3. The molecule has 1 aliphatic heterocycles. The Morgan fingerprint density at radius 1 is 1.60 bits per heavy atom. The fraction of sp³-hybridized carbons (Fsp3) is 0.357. The quantitative estimate of drug-likeness (QED) is 0.838. The van der Waals surface area contributed by atoms with E-state index in [9.17, 15) is 14.9 Å². The number of halogens is 1. The molecule has 1 aliphatic rings. The molecule has 1 heterocycles. The molecule has 0 aliphatic carbocycles. The van der Waals surface area contributed by atoms with E-state index in [1.54, 1.807) is 17.0 Å². The van der Waals surface area contributed by atoms with Crippen molar-refractivity contribution in [1.82, 2.24) is 0 Å². The monoisotopic (exact) mass is 352 g/mol. The molecule has 1 saturated heterocycles. The molecule has 0 spiro atoms. The minimum Gasteiger partial charge on any atom is -0.311 e. The third kappa shape index (κ3) is 3.41. The average Bonchev–Trinajstić information content (AvgIpc) is 2.77. The fourth-order valence-corrected chi connectivity index (χ4v) is 3.25. The van der Waals surface area contributed by atoms with Gasteiger partial charge in [0.15, 0.2) is 5.12 Å². The lowest BCUT2D eigenvalue weighted by Gasteiger charge is -2.18. The second-order valence-corrected chi connectivity index (χ2v) is 6.76. The van der Waals surface area contributed by atoms with Crippen LogP contribution in [0.5, 0.6) is 0 Å². The Morgan fingerprint density at radius 2 is 2.35 bits per heavy atom. The highest BCUT2D eigenvalue weighted by atomic mass is 79.9. The van der Waals surface area contributed by atoms with Crippen molar-refractivity contribution in [3.63, 3.8) is 0 Å². The van der Waals surface area contributed by atoms with Crippen LogP contribution in [0.25, 0.3) is 0 Å². The Hall–Kier alpha value is -1.32. The van der Waals surface area contributed by atoms with Gasteiger partial charge in [0, 0.05) is 30.1 Å². The SMILES string of the molecule is CC(=O)SCC1CC(=O)N(c2ccc(Br)cc2C#N)C1. The summed E-state index contributed by atoms with van der Waals surface area (Å²) in [6.07, 6.45) is 0.432. The first-order valence-corrected chi connectivity index (χ1v) is 7.92. The van der Waals surface area contributed by atoms with Crippen LogP contribution in [0.3, 0.4) is 0 Å². The van der Waals surface area contributed by atoms with E-state index in [2.05, 4.69) is 22.0 Å². The van der Waals surface area contributed by atoms with Crippen LogP contribution in [0.15, 0.2) is 22.7 Å². The van der Waals surface area contributed by atoms with E-state index in [1.165, 1.54) is 18.7 Å². The summed E-state index contributed by atoms with van der Waals surface area (Å²) in [5, 5.41) is 9.24. The zero-order chi connectivity index (χ0) is 14.7. The maximum atomic E-state index is 12.1. The molecule has 1 fully saturated rings. The minimum atomic E-state index is 0.0120. The number of amides is 1. The van der Waals surface area contributed by atoms with Crippen LogP contribution in [-0.4, -0.2) is 23.3 Å². The Balaban J connectivity index is 2.16. The Labute approximate surface area is 130 Å². The first-order valence-electron chi connectivity index (χ1n) is 6.14. The molecule has 0 bridgehead atoms. The predicted octanol–water partition coefficient (Wildman–Crippen LogP) is 2.95. The van der Waals surface area contributed by atoms with Crippen molar-refractivity contribution in [2.75, 3.05) is 17.2 Å². The largest absolute Gasteiger partial charge is 0.311 e. The van der Waals surface area contributed by atoms with Crippen LogP contribution < -0.4 is 4.90 Å². The zero-order valence-electron chi connectivity index (χ0n) is 10.9. The van der Waals surface area contributed by atoms with Gasteiger partial charge in [-0.15, -0.1) is 0 Å². The number of hydrogen-bond acceptors (Lipinski definition) is 4. The van der Waals surface area contributed by atoms with Crippen LogP contribution in [0.4, 0.5) is 5.69 Å². The number of hydrogen-bond donors (Lipinski definition) is 0. The van der Waals surface area contributed by atoms with Crippen molar-refractivity contribution in [2.45, 2.75) is 13.3 Å². The van der Waals surface area contributed by atoms with Crippen molar-refractivity contribution in [3.8, 4) is 6.07 Å². The third-order valence-electron chi connectivity index (χ3n) is 3.10. The Kier molecular flexibility index (Phi) is 4.84. The van der Waals surface area contributed by atoms with E-state index in [4.69, 9.17) is 0 Å². The van der Waals surface area contributed by atoms with Crippen LogP contribution in [0.2, 0.25) is 0 Å². The standard InChI is InChI=1S/C14H13BrN2O2S/c1-9(18)20-8-10-4-14(19)17(7-10)13-3-2-12(15)5-11(13)6-16/h2-3,5,10H,4,7-8H2,1H3. The second-order valence-electron chi connectivity index (χ2n) is 4.65. The molecule has 1 atom stereocenters. The molecule has 20 heavy (non-hydrogen) atoms. The van der Waals surface area contributed by atoms with Crippen LogP contribution >= 0.6 is 27.7 Å². The van der Waals surface area contributed by atoms with Gasteiger partial charge in [-0.25, -0.2) is 0 Å². The summed E-state index contributed by atoms with van der Waals surface area (Å²) in [4.78, 5) is 24.7. The van der Waals surface area contributed by atoms with Gasteiger partial charge in [-0.2, -0.15) is 5.26 Å². The number of nitrogens with zero attached hydrogens (tertiary/aromatic N) is 2. The summed E-state index contributed by atoms with van der Waals surface area (Å²) in [6, 6.07) is 7.42. The van der Waals surface area contributed by atoms with E-state index in [0.717, 1.165) is 4.47 Å². The van der Waals surface area contributed by atoms with Crippen LogP contribution in [0, 0.1) is 17.2 Å². The number of thioether (sulfide) groups is 1. The number of anilines is 1. The first-order chi connectivity index (χ1) is 9.51. The fourth-order valence-electron chi connectivity index (χ4n) is 2.19. The van der Waals surface area contributed by atoms with Gasteiger partial charge in [0.05, 0.1) is 11.3 Å². The molecule has 2 rings (SSSR count). The van der Waals surface area contributed by atoms with E-state index in [0.29, 0.717) is 30.0 Å².